The van der Waals surface area contributed by atoms with Gasteiger partial charge in [-0.25, -0.2) is 0 Å². The Balaban J connectivity index is 1.49. The van der Waals surface area contributed by atoms with Crippen LogP contribution in [0.15, 0.2) is 65.1 Å². The third-order valence-electron chi connectivity index (χ3n) is 6.06. The molecule has 3 aromatic rings. The highest BCUT2D eigenvalue weighted by atomic mass is 16.4. The molecule has 0 bridgehead atoms. The second-order valence-corrected chi connectivity index (χ2v) is 8.28. The van der Waals surface area contributed by atoms with Crippen molar-refractivity contribution in [2.24, 2.45) is 5.92 Å². The zero-order valence-electron chi connectivity index (χ0n) is 18.1. The molecule has 32 heavy (non-hydrogen) atoms. The number of hydrogen-bond acceptors (Lipinski definition) is 4. The van der Waals surface area contributed by atoms with Crippen molar-refractivity contribution in [1.29, 1.82) is 0 Å². The second-order valence-electron chi connectivity index (χ2n) is 8.28. The zero-order valence-corrected chi connectivity index (χ0v) is 18.1. The smallest absolute Gasteiger partial charge is 0.305 e. The molecule has 1 amide bonds. The Hall–Kier alpha value is -3.54. The van der Waals surface area contributed by atoms with E-state index in [0.717, 1.165) is 22.8 Å². The number of carbonyl (C=O) groups is 2. The molecule has 0 saturated heterocycles. The van der Waals surface area contributed by atoms with Crippen molar-refractivity contribution in [3.05, 3.63) is 77.6 Å². The lowest BCUT2D eigenvalue weighted by Gasteiger charge is -2.35. The summed E-state index contributed by atoms with van der Waals surface area (Å²) in [5.74, 6) is 1.12. The standard InChI is InChI=1S/C26H28N2O4/c1-17-22(16-23(32-17)18-6-3-2-4-7-18)25(19-8-5-9-19)28-21-12-10-20(11-13-21)26(31)27-15-14-24(29)30/h2-4,6-7,10-13,16,19,25,28H,5,8-9,14-15H2,1H3,(H,27,31)(H,29,30). The van der Waals surface area contributed by atoms with Gasteiger partial charge in [0.1, 0.15) is 11.5 Å². The third kappa shape index (κ3) is 5.02. The van der Waals surface area contributed by atoms with Crippen LogP contribution >= 0.6 is 0 Å². The summed E-state index contributed by atoms with van der Waals surface area (Å²) in [7, 11) is 0. The number of furan rings is 1. The highest BCUT2D eigenvalue weighted by molar-refractivity contribution is 5.94. The summed E-state index contributed by atoms with van der Waals surface area (Å²) in [6.07, 6.45) is 3.49. The summed E-state index contributed by atoms with van der Waals surface area (Å²) < 4.78 is 6.11. The van der Waals surface area contributed by atoms with Crippen LogP contribution in [0.25, 0.3) is 11.3 Å². The normalized spacial score (nSPS) is 14.4. The number of anilines is 1. The maximum atomic E-state index is 12.2. The van der Waals surface area contributed by atoms with E-state index in [9.17, 15) is 9.59 Å². The Kier molecular flexibility index (Phi) is 6.59. The molecule has 166 valence electrons. The number of benzene rings is 2. The van der Waals surface area contributed by atoms with Crippen LogP contribution in [0.5, 0.6) is 0 Å². The van der Waals surface area contributed by atoms with Crippen molar-refractivity contribution >= 4 is 17.6 Å². The maximum absolute atomic E-state index is 12.2. The number of carboxylic acid groups (broad SMARTS) is 1. The molecule has 0 radical (unpaired) electrons. The molecule has 1 aromatic heterocycles. The van der Waals surface area contributed by atoms with Crippen LogP contribution in [-0.2, 0) is 4.79 Å². The van der Waals surface area contributed by atoms with Gasteiger partial charge in [0.05, 0.1) is 12.5 Å². The molecule has 1 aliphatic carbocycles. The third-order valence-corrected chi connectivity index (χ3v) is 6.06. The van der Waals surface area contributed by atoms with Gasteiger partial charge in [-0.1, -0.05) is 36.8 Å². The van der Waals surface area contributed by atoms with Gasteiger partial charge < -0.3 is 20.2 Å². The van der Waals surface area contributed by atoms with Crippen molar-refractivity contribution in [1.82, 2.24) is 5.32 Å². The first kappa shape index (κ1) is 21.7. The highest BCUT2D eigenvalue weighted by Crippen LogP contribution is 2.42. The van der Waals surface area contributed by atoms with Gasteiger partial charge >= 0.3 is 5.97 Å². The molecule has 1 fully saturated rings. The second kappa shape index (κ2) is 9.73. The number of aryl methyl sites for hydroxylation is 1. The minimum Gasteiger partial charge on any atom is -0.481 e. The molecular formula is C26H28N2O4. The Morgan fingerprint density at radius 3 is 2.44 bits per heavy atom. The Labute approximate surface area is 187 Å². The lowest BCUT2D eigenvalue weighted by Crippen LogP contribution is -2.27. The van der Waals surface area contributed by atoms with E-state index >= 15 is 0 Å². The first-order valence-electron chi connectivity index (χ1n) is 11.0. The summed E-state index contributed by atoms with van der Waals surface area (Å²) in [5, 5.41) is 15.0. The number of hydrogen-bond donors (Lipinski definition) is 3. The van der Waals surface area contributed by atoms with Crippen LogP contribution in [0.3, 0.4) is 0 Å². The lowest BCUT2D eigenvalue weighted by molar-refractivity contribution is -0.136. The van der Waals surface area contributed by atoms with Gasteiger partial charge in [0.25, 0.3) is 5.91 Å². The largest absolute Gasteiger partial charge is 0.481 e. The number of carbonyl (C=O) groups excluding carboxylic acids is 1. The van der Waals surface area contributed by atoms with E-state index in [2.05, 4.69) is 16.7 Å². The van der Waals surface area contributed by atoms with Crippen molar-refractivity contribution in [3.63, 3.8) is 0 Å². The summed E-state index contributed by atoms with van der Waals surface area (Å²) in [4.78, 5) is 22.8. The minimum absolute atomic E-state index is 0.0938. The molecule has 6 nitrogen and oxygen atoms in total. The topological polar surface area (TPSA) is 91.6 Å². The van der Waals surface area contributed by atoms with E-state index in [-0.39, 0.29) is 24.9 Å². The Morgan fingerprint density at radius 2 is 1.81 bits per heavy atom. The van der Waals surface area contributed by atoms with Gasteiger partial charge in [0.2, 0.25) is 0 Å². The van der Waals surface area contributed by atoms with E-state index < -0.39 is 5.97 Å². The molecule has 6 heteroatoms. The van der Waals surface area contributed by atoms with E-state index in [1.54, 1.807) is 12.1 Å². The fraction of sp³-hybridized carbons (Fsp3) is 0.308. The number of aliphatic carboxylic acids is 1. The van der Waals surface area contributed by atoms with Crippen LogP contribution < -0.4 is 10.6 Å². The number of amides is 1. The first-order chi connectivity index (χ1) is 15.5. The summed E-state index contributed by atoms with van der Waals surface area (Å²) in [5.41, 5.74) is 3.68. The number of rotatable bonds is 9. The van der Waals surface area contributed by atoms with Crippen LogP contribution in [0, 0.1) is 12.8 Å². The highest BCUT2D eigenvalue weighted by Gasteiger charge is 2.31. The molecule has 1 unspecified atom stereocenters. The lowest BCUT2D eigenvalue weighted by atomic mass is 9.77. The molecule has 0 spiro atoms. The van der Waals surface area contributed by atoms with Crippen LogP contribution in [0.1, 0.15) is 53.4 Å². The molecule has 1 atom stereocenters. The predicted molar refractivity (Wildman–Crippen MR) is 124 cm³/mol. The summed E-state index contributed by atoms with van der Waals surface area (Å²) in [6, 6.07) is 19.7. The van der Waals surface area contributed by atoms with Gasteiger partial charge in [0.15, 0.2) is 0 Å². The van der Waals surface area contributed by atoms with E-state index in [4.69, 9.17) is 9.52 Å². The summed E-state index contributed by atoms with van der Waals surface area (Å²) >= 11 is 0. The Morgan fingerprint density at radius 1 is 1.09 bits per heavy atom. The van der Waals surface area contributed by atoms with Crippen LogP contribution in [0.4, 0.5) is 5.69 Å². The van der Waals surface area contributed by atoms with Crippen molar-refractivity contribution < 1.29 is 19.1 Å². The molecule has 0 aliphatic heterocycles. The van der Waals surface area contributed by atoms with E-state index in [1.165, 1.54) is 24.8 Å². The molecule has 1 heterocycles. The fourth-order valence-corrected chi connectivity index (χ4v) is 4.05. The molecule has 4 rings (SSSR count). The fourth-order valence-electron chi connectivity index (χ4n) is 4.05. The zero-order chi connectivity index (χ0) is 22.5. The van der Waals surface area contributed by atoms with Gasteiger partial charge in [-0.3, -0.25) is 9.59 Å². The van der Waals surface area contributed by atoms with E-state index in [0.29, 0.717) is 11.5 Å². The summed E-state index contributed by atoms with van der Waals surface area (Å²) in [6.45, 7) is 2.13. The number of nitrogens with one attached hydrogen (secondary N) is 2. The maximum Gasteiger partial charge on any atom is 0.305 e. The van der Waals surface area contributed by atoms with E-state index in [1.807, 2.05) is 49.4 Å². The Bertz CT molecular complexity index is 1070. The molecule has 3 N–H and O–H groups in total. The first-order valence-corrected chi connectivity index (χ1v) is 11.0. The molecular weight excluding hydrogens is 404 g/mol. The minimum atomic E-state index is -0.933. The average molecular weight is 433 g/mol. The SMILES string of the molecule is Cc1oc(-c2ccccc2)cc1C(Nc1ccc(C(=O)NCCC(=O)O)cc1)C1CCC1. The van der Waals surface area contributed by atoms with Crippen LogP contribution in [0.2, 0.25) is 0 Å². The van der Waals surface area contributed by atoms with Gasteiger partial charge in [-0.2, -0.15) is 0 Å². The molecule has 1 aliphatic rings. The van der Waals surface area contributed by atoms with Crippen molar-refractivity contribution in [2.45, 2.75) is 38.6 Å². The van der Waals surface area contributed by atoms with Crippen molar-refractivity contribution in [2.75, 3.05) is 11.9 Å². The molecule has 2 aromatic carbocycles. The van der Waals surface area contributed by atoms with Crippen molar-refractivity contribution in [3.8, 4) is 11.3 Å². The number of carboxylic acids is 1. The van der Waals surface area contributed by atoms with Gasteiger partial charge in [0, 0.05) is 28.9 Å². The quantitative estimate of drug-likeness (QED) is 0.420. The molecule has 1 saturated carbocycles. The van der Waals surface area contributed by atoms with Gasteiger partial charge in [-0.15, -0.1) is 0 Å². The predicted octanol–water partition coefficient (Wildman–Crippen LogP) is 5.41. The average Bonchev–Trinajstić information content (AvgIpc) is 3.14. The monoisotopic (exact) mass is 432 g/mol. The van der Waals surface area contributed by atoms with Gasteiger partial charge in [-0.05, 0) is 56.0 Å². The van der Waals surface area contributed by atoms with Crippen LogP contribution in [-0.4, -0.2) is 23.5 Å².